The van der Waals surface area contributed by atoms with Crippen molar-refractivity contribution in [1.82, 2.24) is 19.2 Å². The topological polar surface area (TPSA) is 67.2 Å². The number of nitrogens with zero attached hydrogens (tertiary/aromatic N) is 3. The third-order valence-corrected chi connectivity index (χ3v) is 5.53. The summed E-state index contributed by atoms with van der Waals surface area (Å²) >= 11 is 0. The van der Waals surface area contributed by atoms with Gasteiger partial charge in [-0.2, -0.15) is 4.31 Å². The van der Waals surface area contributed by atoms with Gasteiger partial charge in [0.25, 0.3) is 10.0 Å². The third kappa shape index (κ3) is 4.05. The van der Waals surface area contributed by atoms with Crippen molar-refractivity contribution in [1.29, 1.82) is 0 Å². The second-order valence-electron chi connectivity index (χ2n) is 6.77. The second-order valence-corrected chi connectivity index (χ2v) is 8.61. The summed E-state index contributed by atoms with van der Waals surface area (Å²) in [6, 6.07) is 0.00461. The zero-order valence-electron chi connectivity index (χ0n) is 13.3. The molecule has 21 heavy (non-hydrogen) atoms. The van der Waals surface area contributed by atoms with Crippen LogP contribution in [0.3, 0.4) is 0 Å². The fourth-order valence-electron chi connectivity index (χ4n) is 2.56. The van der Waals surface area contributed by atoms with Gasteiger partial charge in [0.1, 0.15) is 0 Å². The van der Waals surface area contributed by atoms with Gasteiger partial charge >= 0.3 is 0 Å². The first kappa shape index (κ1) is 16.5. The molecule has 2 rings (SSSR count). The molecular formula is C14H26N4O2S. The molecule has 1 aliphatic rings. The quantitative estimate of drug-likeness (QED) is 0.911. The Labute approximate surface area is 127 Å². The Hall–Kier alpha value is -0.920. The predicted molar refractivity (Wildman–Crippen MR) is 82.5 cm³/mol. The van der Waals surface area contributed by atoms with Crippen molar-refractivity contribution in [2.45, 2.75) is 56.6 Å². The lowest BCUT2D eigenvalue weighted by Gasteiger charge is -2.36. The molecule has 1 unspecified atom stereocenters. The molecule has 1 aliphatic heterocycles. The van der Waals surface area contributed by atoms with Crippen LogP contribution in [0.15, 0.2) is 17.6 Å². The standard InChI is InChI=1S/C14H26N4O2S/c1-14(2,3)16-9-12-7-5-6-8-18(12)21(19,20)13-10-17(4)11-15-13/h10-12,16H,5-9H2,1-4H3. The first-order valence-electron chi connectivity index (χ1n) is 7.45. The molecule has 120 valence electrons. The molecule has 1 aromatic rings. The van der Waals surface area contributed by atoms with Crippen LogP contribution < -0.4 is 5.32 Å². The molecule has 0 radical (unpaired) electrons. The lowest BCUT2D eigenvalue weighted by atomic mass is 10.0. The first-order valence-corrected chi connectivity index (χ1v) is 8.89. The normalized spacial score (nSPS) is 21.6. The number of rotatable bonds is 4. The molecule has 0 bridgehead atoms. The number of sulfonamides is 1. The number of hydrogen-bond donors (Lipinski definition) is 1. The number of nitrogens with one attached hydrogen (secondary N) is 1. The molecule has 6 nitrogen and oxygen atoms in total. The number of hydrogen-bond acceptors (Lipinski definition) is 4. The maximum absolute atomic E-state index is 12.8. The van der Waals surface area contributed by atoms with Crippen LogP contribution in [0.5, 0.6) is 0 Å². The van der Waals surface area contributed by atoms with E-state index in [2.05, 4.69) is 31.1 Å². The Kier molecular flexibility index (Phi) is 4.75. The molecule has 0 amide bonds. The Morgan fingerprint density at radius 1 is 1.38 bits per heavy atom. The Balaban J connectivity index is 2.18. The van der Waals surface area contributed by atoms with Gasteiger partial charge in [0, 0.05) is 37.9 Å². The third-order valence-electron chi connectivity index (χ3n) is 3.70. The Bertz CT molecular complexity index is 574. The van der Waals surface area contributed by atoms with Crippen LogP contribution >= 0.6 is 0 Å². The van der Waals surface area contributed by atoms with Crippen molar-refractivity contribution in [2.75, 3.05) is 13.1 Å². The number of aryl methyl sites for hydroxylation is 1. The zero-order valence-corrected chi connectivity index (χ0v) is 14.2. The van der Waals surface area contributed by atoms with E-state index in [4.69, 9.17) is 0 Å². The highest BCUT2D eigenvalue weighted by Gasteiger charge is 2.35. The van der Waals surface area contributed by atoms with E-state index >= 15 is 0 Å². The minimum atomic E-state index is -3.50. The van der Waals surface area contributed by atoms with Crippen LogP contribution in [-0.4, -0.2) is 46.9 Å². The van der Waals surface area contributed by atoms with Gasteiger partial charge in [-0.1, -0.05) is 6.42 Å². The molecule has 0 aromatic carbocycles. The average Bonchev–Trinajstić information content (AvgIpc) is 2.83. The maximum Gasteiger partial charge on any atom is 0.262 e. The summed E-state index contributed by atoms with van der Waals surface area (Å²) in [6.45, 7) is 7.53. The van der Waals surface area contributed by atoms with Crippen molar-refractivity contribution in [3.05, 3.63) is 12.5 Å². The van der Waals surface area contributed by atoms with E-state index < -0.39 is 10.0 Å². The fraction of sp³-hybridized carbons (Fsp3) is 0.786. The summed E-state index contributed by atoms with van der Waals surface area (Å²) in [7, 11) is -1.72. The van der Waals surface area contributed by atoms with E-state index in [1.807, 2.05) is 0 Å². The van der Waals surface area contributed by atoms with Gasteiger partial charge in [-0.3, -0.25) is 0 Å². The van der Waals surface area contributed by atoms with Crippen LogP contribution in [0.2, 0.25) is 0 Å². The second kappa shape index (κ2) is 6.06. The van der Waals surface area contributed by atoms with Crippen LogP contribution in [0.4, 0.5) is 0 Å². The molecule has 0 aliphatic carbocycles. The fourth-order valence-corrected chi connectivity index (χ4v) is 4.22. The molecule has 0 spiro atoms. The van der Waals surface area contributed by atoms with Gasteiger partial charge in [0.15, 0.2) is 5.03 Å². The molecule has 7 heteroatoms. The maximum atomic E-state index is 12.8. The molecule has 0 saturated carbocycles. The van der Waals surface area contributed by atoms with Gasteiger partial charge in [0.05, 0.1) is 6.33 Å². The summed E-state index contributed by atoms with van der Waals surface area (Å²) in [5, 5.41) is 3.56. The minimum absolute atomic E-state index is 0.00461. The van der Waals surface area contributed by atoms with Gasteiger partial charge in [-0.05, 0) is 33.6 Å². The molecule has 2 heterocycles. The predicted octanol–water partition coefficient (Wildman–Crippen LogP) is 1.35. The monoisotopic (exact) mass is 314 g/mol. The van der Waals surface area contributed by atoms with E-state index in [1.54, 1.807) is 22.1 Å². The highest BCUT2D eigenvalue weighted by Crippen LogP contribution is 2.24. The van der Waals surface area contributed by atoms with E-state index in [9.17, 15) is 8.42 Å². The summed E-state index contributed by atoms with van der Waals surface area (Å²) in [5.41, 5.74) is -0.0160. The average molecular weight is 314 g/mol. The van der Waals surface area contributed by atoms with Crippen molar-refractivity contribution >= 4 is 10.0 Å². The van der Waals surface area contributed by atoms with Crippen molar-refractivity contribution in [2.24, 2.45) is 7.05 Å². The molecule has 1 fully saturated rings. The van der Waals surface area contributed by atoms with Crippen molar-refractivity contribution in [3.63, 3.8) is 0 Å². The van der Waals surface area contributed by atoms with E-state index in [-0.39, 0.29) is 16.6 Å². The highest BCUT2D eigenvalue weighted by molar-refractivity contribution is 7.89. The van der Waals surface area contributed by atoms with Crippen LogP contribution in [-0.2, 0) is 17.1 Å². The van der Waals surface area contributed by atoms with E-state index in [0.717, 1.165) is 19.3 Å². The molecule has 1 N–H and O–H groups in total. The smallest absolute Gasteiger partial charge is 0.262 e. The summed E-state index contributed by atoms with van der Waals surface area (Å²) in [6.07, 6.45) is 5.98. The van der Waals surface area contributed by atoms with Gasteiger partial charge < -0.3 is 9.88 Å². The minimum Gasteiger partial charge on any atom is -0.339 e. The van der Waals surface area contributed by atoms with Gasteiger partial charge in [-0.15, -0.1) is 0 Å². The molecule has 1 saturated heterocycles. The summed E-state index contributed by atoms with van der Waals surface area (Å²) in [5.74, 6) is 0. The zero-order chi connectivity index (χ0) is 15.7. The number of aromatic nitrogens is 2. The van der Waals surface area contributed by atoms with Crippen LogP contribution in [0, 0.1) is 0 Å². The van der Waals surface area contributed by atoms with Crippen LogP contribution in [0.1, 0.15) is 40.0 Å². The SMILES string of the molecule is Cn1cnc(S(=O)(=O)N2CCCCC2CNC(C)(C)C)c1. The Morgan fingerprint density at radius 2 is 2.10 bits per heavy atom. The molecule has 1 aromatic heterocycles. The van der Waals surface area contributed by atoms with Crippen molar-refractivity contribution in [3.8, 4) is 0 Å². The van der Waals surface area contributed by atoms with Gasteiger partial charge in [0.2, 0.25) is 0 Å². The Morgan fingerprint density at radius 3 is 2.67 bits per heavy atom. The lowest BCUT2D eigenvalue weighted by Crippen LogP contribution is -2.51. The van der Waals surface area contributed by atoms with Gasteiger partial charge in [-0.25, -0.2) is 13.4 Å². The van der Waals surface area contributed by atoms with Crippen LogP contribution in [0.25, 0.3) is 0 Å². The summed E-state index contributed by atoms with van der Waals surface area (Å²) in [4.78, 5) is 4.02. The highest BCUT2D eigenvalue weighted by atomic mass is 32.2. The molecule has 1 atom stereocenters. The van der Waals surface area contributed by atoms with E-state index in [1.165, 1.54) is 6.33 Å². The molecular weight excluding hydrogens is 288 g/mol. The number of imidazole rings is 1. The first-order chi connectivity index (χ1) is 9.70. The van der Waals surface area contributed by atoms with Crippen molar-refractivity contribution < 1.29 is 8.42 Å². The lowest BCUT2D eigenvalue weighted by molar-refractivity contribution is 0.230. The largest absolute Gasteiger partial charge is 0.339 e. The van der Waals surface area contributed by atoms with E-state index in [0.29, 0.717) is 13.1 Å². The number of piperidine rings is 1. The summed E-state index contributed by atoms with van der Waals surface area (Å²) < 4.78 is 28.8.